The summed E-state index contributed by atoms with van der Waals surface area (Å²) in [5, 5.41) is 5.56. The molecule has 0 bridgehead atoms. The Morgan fingerprint density at radius 3 is 1.82 bits per heavy atom. The van der Waals surface area contributed by atoms with Gasteiger partial charge in [-0.15, -0.1) is 11.3 Å². The van der Waals surface area contributed by atoms with Gasteiger partial charge in [0.15, 0.2) is 17.5 Å². The van der Waals surface area contributed by atoms with Crippen molar-refractivity contribution in [2.45, 2.75) is 0 Å². The van der Waals surface area contributed by atoms with E-state index in [1.165, 1.54) is 10.8 Å². The third-order valence-electron chi connectivity index (χ3n) is 7.94. The minimum atomic E-state index is 0.599. The van der Waals surface area contributed by atoms with Crippen LogP contribution in [0.2, 0.25) is 0 Å². The third-order valence-corrected chi connectivity index (χ3v) is 9.08. The molecule has 0 atom stereocenters. The molecule has 0 saturated heterocycles. The molecule has 0 aliphatic rings. The van der Waals surface area contributed by atoms with Crippen LogP contribution in [0.3, 0.4) is 0 Å². The lowest BCUT2D eigenvalue weighted by molar-refractivity contribution is 0.669. The number of aromatic nitrogens is 4. The summed E-state index contributed by atoms with van der Waals surface area (Å²) in [6, 6.07) is 45.2. The fourth-order valence-electron chi connectivity index (χ4n) is 5.77. The Morgan fingerprint density at radius 2 is 1.09 bits per heavy atom. The largest absolute Gasteiger partial charge is 0.456 e. The summed E-state index contributed by atoms with van der Waals surface area (Å²) in [5.74, 6) is 1.86. The predicted octanol–water partition coefficient (Wildman–Crippen LogP) is 10.2. The van der Waals surface area contributed by atoms with Gasteiger partial charge in [0.25, 0.3) is 0 Å². The second-order valence-corrected chi connectivity index (χ2v) is 11.7. The van der Waals surface area contributed by atoms with E-state index >= 15 is 0 Å². The highest BCUT2D eigenvalue weighted by Gasteiger charge is 2.18. The predicted molar refractivity (Wildman–Crippen MR) is 180 cm³/mol. The molecule has 3 aromatic heterocycles. The number of rotatable bonds is 4. The zero-order chi connectivity index (χ0) is 29.0. The maximum absolute atomic E-state index is 6.43. The Kier molecular flexibility index (Phi) is 5.61. The number of benzene rings is 6. The van der Waals surface area contributed by atoms with Crippen molar-refractivity contribution >= 4 is 54.3 Å². The number of hydrogen-bond donors (Lipinski definition) is 0. The van der Waals surface area contributed by atoms with E-state index < -0.39 is 0 Å². The lowest BCUT2D eigenvalue weighted by atomic mass is 10.1. The van der Waals surface area contributed by atoms with Crippen LogP contribution in [0.5, 0.6) is 0 Å². The molecule has 5 nitrogen and oxygen atoms in total. The van der Waals surface area contributed by atoms with Crippen LogP contribution in [0.25, 0.3) is 87.7 Å². The van der Waals surface area contributed by atoms with E-state index in [0.717, 1.165) is 59.4 Å². The molecule has 0 radical (unpaired) electrons. The molecular formula is C38H22N4OS. The Labute approximate surface area is 256 Å². The summed E-state index contributed by atoms with van der Waals surface area (Å²) < 4.78 is 7.55. The van der Waals surface area contributed by atoms with Crippen molar-refractivity contribution in [2.24, 2.45) is 0 Å². The van der Waals surface area contributed by atoms with Crippen LogP contribution in [0, 0.1) is 0 Å². The standard InChI is InChI=1S/C38H22N4OS/c1-3-10-24(11-4-1)35-40-36(25-12-5-2-6-13-25)42-37(41-35)27-17-18-29-32(22-27)43-31-20-19-30-34(33(29)31)44-38(39-30)28-16-15-23-9-7-8-14-26(23)21-28/h1-22H. The number of thiazole rings is 1. The summed E-state index contributed by atoms with van der Waals surface area (Å²) >= 11 is 1.70. The minimum absolute atomic E-state index is 0.599. The summed E-state index contributed by atoms with van der Waals surface area (Å²) in [5.41, 5.74) is 6.45. The molecule has 3 heterocycles. The lowest BCUT2D eigenvalue weighted by Crippen LogP contribution is -2.00. The summed E-state index contributed by atoms with van der Waals surface area (Å²) in [6.07, 6.45) is 0. The first-order valence-corrected chi connectivity index (χ1v) is 15.2. The molecule has 9 aromatic rings. The first kappa shape index (κ1) is 24.8. The first-order chi connectivity index (χ1) is 21.8. The van der Waals surface area contributed by atoms with Gasteiger partial charge in [0.2, 0.25) is 0 Å². The van der Waals surface area contributed by atoms with Gasteiger partial charge in [0.05, 0.1) is 10.2 Å². The molecule has 6 aromatic carbocycles. The van der Waals surface area contributed by atoms with Crippen molar-refractivity contribution in [1.82, 2.24) is 19.9 Å². The monoisotopic (exact) mass is 582 g/mol. The van der Waals surface area contributed by atoms with Crippen LogP contribution in [-0.4, -0.2) is 19.9 Å². The molecule has 0 fully saturated rings. The Balaban J connectivity index is 1.18. The van der Waals surface area contributed by atoms with Gasteiger partial charge in [0, 0.05) is 33.0 Å². The summed E-state index contributed by atoms with van der Waals surface area (Å²) in [6.45, 7) is 0. The van der Waals surface area contributed by atoms with Crippen LogP contribution in [0.4, 0.5) is 0 Å². The van der Waals surface area contributed by atoms with Crippen molar-refractivity contribution in [3.05, 3.63) is 133 Å². The Hall–Kier alpha value is -5.72. The van der Waals surface area contributed by atoms with E-state index in [1.807, 2.05) is 78.9 Å². The number of hydrogen-bond acceptors (Lipinski definition) is 6. The summed E-state index contributed by atoms with van der Waals surface area (Å²) in [7, 11) is 0. The first-order valence-electron chi connectivity index (χ1n) is 14.4. The quantitative estimate of drug-likeness (QED) is 0.207. The molecule has 0 saturated carbocycles. The van der Waals surface area contributed by atoms with Gasteiger partial charge >= 0.3 is 0 Å². The number of fused-ring (bicyclic) bond motifs is 6. The van der Waals surface area contributed by atoms with Gasteiger partial charge in [-0.05, 0) is 41.1 Å². The van der Waals surface area contributed by atoms with Crippen molar-refractivity contribution in [1.29, 1.82) is 0 Å². The van der Waals surface area contributed by atoms with Gasteiger partial charge < -0.3 is 4.42 Å². The molecule has 44 heavy (non-hydrogen) atoms. The molecule has 9 rings (SSSR count). The highest BCUT2D eigenvalue weighted by Crippen LogP contribution is 2.41. The Bertz CT molecular complexity index is 2440. The highest BCUT2D eigenvalue weighted by molar-refractivity contribution is 7.22. The molecule has 6 heteroatoms. The summed E-state index contributed by atoms with van der Waals surface area (Å²) in [4.78, 5) is 19.6. The van der Waals surface area contributed by atoms with E-state index in [-0.39, 0.29) is 0 Å². The lowest BCUT2D eigenvalue weighted by Gasteiger charge is -2.08. The second kappa shape index (κ2) is 9.93. The van der Waals surface area contributed by atoms with Crippen molar-refractivity contribution < 1.29 is 4.42 Å². The highest BCUT2D eigenvalue weighted by atomic mass is 32.1. The molecule has 0 aliphatic carbocycles. The fraction of sp³-hybridized carbons (Fsp3) is 0. The van der Waals surface area contributed by atoms with Crippen molar-refractivity contribution in [3.8, 4) is 44.7 Å². The maximum atomic E-state index is 6.43. The minimum Gasteiger partial charge on any atom is -0.456 e. The third kappa shape index (κ3) is 4.15. The fourth-order valence-corrected chi connectivity index (χ4v) is 6.88. The van der Waals surface area contributed by atoms with Gasteiger partial charge in [0.1, 0.15) is 16.2 Å². The van der Waals surface area contributed by atoms with Crippen LogP contribution in [-0.2, 0) is 0 Å². The zero-order valence-electron chi connectivity index (χ0n) is 23.3. The van der Waals surface area contributed by atoms with Crippen LogP contribution in [0.1, 0.15) is 0 Å². The normalized spacial score (nSPS) is 11.6. The molecule has 0 N–H and O–H groups in total. The van der Waals surface area contributed by atoms with Crippen molar-refractivity contribution in [2.75, 3.05) is 0 Å². The zero-order valence-corrected chi connectivity index (χ0v) is 24.1. The van der Waals surface area contributed by atoms with Crippen LogP contribution < -0.4 is 0 Å². The molecule has 0 amide bonds. The van der Waals surface area contributed by atoms with Gasteiger partial charge in [-0.1, -0.05) is 103 Å². The van der Waals surface area contributed by atoms with Crippen LogP contribution >= 0.6 is 11.3 Å². The van der Waals surface area contributed by atoms with E-state index in [9.17, 15) is 0 Å². The molecule has 0 unspecified atom stereocenters. The topological polar surface area (TPSA) is 64.7 Å². The number of furan rings is 1. The van der Waals surface area contributed by atoms with E-state index in [2.05, 4.69) is 54.6 Å². The van der Waals surface area contributed by atoms with E-state index in [1.54, 1.807) is 11.3 Å². The average Bonchev–Trinajstić information content (AvgIpc) is 3.70. The smallest absolute Gasteiger partial charge is 0.164 e. The molecule has 0 spiro atoms. The van der Waals surface area contributed by atoms with Gasteiger partial charge in [-0.25, -0.2) is 19.9 Å². The van der Waals surface area contributed by atoms with Gasteiger partial charge in [-0.3, -0.25) is 0 Å². The molecular weight excluding hydrogens is 561 g/mol. The van der Waals surface area contributed by atoms with E-state index in [0.29, 0.717) is 17.5 Å². The average molecular weight is 583 g/mol. The van der Waals surface area contributed by atoms with Crippen LogP contribution in [0.15, 0.2) is 138 Å². The van der Waals surface area contributed by atoms with Crippen molar-refractivity contribution in [3.63, 3.8) is 0 Å². The second-order valence-electron chi connectivity index (χ2n) is 10.7. The number of nitrogens with zero attached hydrogens (tertiary/aromatic N) is 4. The SMILES string of the molecule is c1ccc(-c2nc(-c3ccccc3)nc(-c3ccc4c(c3)oc3ccc5nc(-c6ccc7ccccc7c6)sc5c34)n2)cc1. The maximum Gasteiger partial charge on any atom is 0.164 e. The van der Waals surface area contributed by atoms with E-state index in [4.69, 9.17) is 24.4 Å². The Morgan fingerprint density at radius 1 is 0.455 bits per heavy atom. The molecule has 206 valence electrons. The van der Waals surface area contributed by atoms with Gasteiger partial charge in [-0.2, -0.15) is 0 Å². The molecule has 0 aliphatic heterocycles.